The van der Waals surface area contributed by atoms with Crippen molar-refractivity contribution in [2.24, 2.45) is 0 Å². The fraction of sp³-hybridized carbons (Fsp3) is 0.500. The molecule has 0 unspecified atom stereocenters. The Balaban J connectivity index is 2.28. The van der Waals surface area contributed by atoms with Gasteiger partial charge >= 0.3 is 0 Å². The first-order valence-electron chi connectivity index (χ1n) is 6.24. The lowest BCUT2D eigenvalue weighted by Gasteiger charge is -2.29. The quantitative estimate of drug-likeness (QED) is 0.796. The lowest BCUT2D eigenvalue weighted by molar-refractivity contribution is 0.0827. The maximum atomic E-state index is 12.1. The van der Waals surface area contributed by atoms with Crippen LogP contribution in [-0.2, 0) is 4.74 Å². The van der Waals surface area contributed by atoms with Crippen LogP contribution in [-0.4, -0.2) is 51.2 Å². The molecular weight excluding hydrogens is 228 g/mol. The van der Waals surface area contributed by atoms with Crippen molar-refractivity contribution in [3.63, 3.8) is 0 Å². The number of anilines is 1. The molecule has 4 nitrogen and oxygen atoms in total. The van der Waals surface area contributed by atoms with Gasteiger partial charge in [0, 0.05) is 38.4 Å². The van der Waals surface area contributed by atoms with Crippen LogP contribution in [0.3, 0.4) is 0 Å². The molecular formula is C14H20N2O2. The van der Waals surface area contributed by atoms with Crippen LogP contribution in [0.4, 0.5) is 5.69 Å². The van der Waals surface area contributed by atoms with Gasteiger partial charge in [-0.15, -0.1) is 0 Å². The van der Waals surface area contributed by atoms with E-state index in [9.17, 15) is 4.79 Å². The molecule has 0 aromatic heterocycles. The maximum Gasteiger partial charge on any atom is 0.253 e. The Morgan fingerprint density at radius 1 is 1.28 bits per heavy atom. The van der Waals surface area contributed by atoms with Gasteiger partial charge in [0.2, 0.25) is 0 Å². The molecule has 1 aliphatic heterocycles. The molecule has 98 valence electrons. The number of carbonyl (C=O) groups is 1. The summed E-state index contributed by atoms with van der Waals surface area (Å²) in [5.41, 5.74) is 2.91. The number of nitrogens with zero attached hydrogens (tertiary/aromatic N) is 2. The molecule has 4 heteroatoms. The predicted molar refractivity (Wildman–Crippen MR) is 72.2 cm³/mol. The Kier molecular flexibility index (Phi) is 3.87. The minimum atomic E-state index is 0.0580. The van der Waals surface area contributed by atoms with Gasteiger partial charge in [0.25, 0.3) is 5.91 Å². The van der Waals surface area contributed by atoms with Crippen molar-refractivity contribution in [2.75, 3.05) is 45.3 Å². The zero-order valence-corrected chi connectivity index (χ0v) is 11.3. The Labute approximate surface area is 108 Å². The highest BCUT2D eigenvalue weighted by molar-refractivity contribution is 5.96. The summed E-state index contributed by atoms with van der Waals surface area (Å²) in [4.78, 5) is 16.0. The Hall–Kier alpha value is -1.55. The molecule has 2 rings (SSSR count). The van der Waals surface area contributed by atoms with E-state index in [1.165, 1.54) is 0 Å². The van der Waals surface area contributed by atoms with Crippen LogP contribution < -0.4 is 4.90 Å². The second-order valence-corrected chi connectivity index (χ2v) is 4.80. The van der Waals surface area contributed by atoms with Gasteiger partial charge in [-0.1, -0.05) is 6.07 Å². The molecule has 1 aliphatic rings. The summed E-state index contributed by atoms with van der Waals surface area (Å²) in [7, 11) is 3.56. The zero-order valence-electron chi connectivity index (χ0n) is 11.3. The largest absolute Gasteiger partial charge is 0.378 e. The Morgan fingerprint density at radius 3 is 2.56 bits per heavy atom. The first-order chi connectivity index (χ1) is 8.59. The first-order valence-corrected chi connectivity index (χ1v) is 6.24. The summed E-state index contributed by atoms with van der Waals surface area (Å²) in [6.07, 6.45) is 0. The van der Waals surface area contributed by atoms with Gasteiger partial charge in [-0.3, -0.25) is 4.79 Å². The van der Waals surface area contributed by atoms with Gasteiger partial charge in [0.15, 0.2) is 0 Å². The number of hydrogen-bond acceptors (Lipinski definition) is 3. The molecule has 0 saturated carbocycles. The number of benzene rings is 1. The van der Waals surface area contributed by atoms with Gasteiger partial charge in [-0.25, -0.2) is 0 Å². The molecule has 1 saturated heterocycles. The van der Waals surface area contributed by atoms with Crippen LogP contribution in [0.25, 0.3) is 0 Å². The maximum absolute atomic E-state index is 12.1. The number of amides is 1. The SMILES string of the molecule is Cc1ccc(N2CCOCC2)cc1C(=O)N(C)C. The third-order valence-electron chi connectivity index (χ3n) is 3.23. The molecule has 0 bridgehead atoms. The van der Waals surface area contributed by atoms with E-state index in [2.05, 4.69) is 11.0 Å². The van der Waals surface area contributed by atoms with Crippen molar-refractivity contribution in [1.82, 2.24) is 4.90 Å². The number of morpholine rings is 1. The molecule has 1 aromatic rings. The van der Waals surface area contributed by atoms with E-state index in [4.69, 9.17) is 4.74 Å². The van der Waals surface area contributed by atoms with Crippen LogP contribution in [0.15, 0.2) is 18.2 Å². The van der Waals surface area contributed by atoms with Crippen molar-refractivity contribution >= 4 is 11.6 Å². The molecule has 0 aliphatic carbocycles. The zero-order chi connectivity index (χ0) is 13.1. The van der Waals surface area contributed by atoms with E-state index in [-0.39, 0.29) is 5.91 Å². The topological polar surface area (TPSA) is 32.8 Å². The number of hydrogen-bond donors (Lipinski definition) is 0. The first kappa shape index (κ1) is 12.9. The van der Waals surface area contributed by atoms with Crippen molar-refractivity contribution < 1.29 is 9.53 Å². The number of aryl methyl sites for hydroxylation is 1. The molecule has 1 heterocycles. The lowest BCUT2D eigenvalue weighted by Crippen LogP contribution is -2.36. The summed E-state index contributed by atoms with van der Waals surface area (Å²) in [6.45, 7) is 5.26. The average Bonchev–Trinajstić information content (AvgIpc) is 2.39. The normalized spacial score (nSPS) is 15.6. The van der Waals surface area contributed by atoms with Gasteiger partial charge in [-0.05, 0) is 24.6 Å². The number of carbonyl (C=O) groups excluding carboxylic acids is 1. The summed E-state index contributed by atoms with van der Waals surface area (Å²) >= 11 is 0. The van der Waals surface area contributed by atoms with Crippen molar-refractivity contribution in [3.8, 4) is 0 Å². The minimum absolute atomic E-state index is 0.0580. The second kappa shape index (κ2) is 5.40. The smallest absolute Gasteiger partial charge is 0.253 e. The van der Waals surface area contributed by atoms with Crippen LogP contribution in [0.5, 0.6) is 0 Å². The highest BCUT2D eigenvalue weighted by atomic mass is 16.5. The Morgan fingerprint density at radius 2 is 1.94 bits per heavy atom. The van der Waals surface area contributed by atoms with Crippen LogP contribution >= 0.6 is 0 Å². The molecule has 0 spiro atoms. The fourth-order valence-corrected chi connectivity index (χ4v) is 2.10. The van der Waals surface area contributed by atoms with E-state index in [0.29, 0.717) is 0 Å². The molecule has 1 fully saturated rings. The molecule has 0 atom stereocenters. The summed E-state index contributed by atoms with van der Waals surface area (Å²) < 4.78 is 5.34. The standard InChI is InChI=1S/C14H20N2O2/c1-11-4-5-12(16-6-8-18-9-7-16)10-13(11)14(17)15(2)3/h4-5,10H,6-9H2,1-3H3. The van der Waals surface area contributed by atoms with Crippen molar-refractivity contribution in [2.45, 2.75) is 6.92 Å². The van der Waals surface area contributed by atoms with E-state index >= 15 is 0 Å². The summed E-state index contributed by atoms with van der Waals surface area (Å²) in [5, 5.41) is 0. The van der Waals surface area contributed by atoms with E-state index in [0.717, 1.165) is 43.1 Å². The molecule has 18 heavy (non-hydrogen) atoms. The molecule has 0 radical (unpaired) electrons. The number of ether oxygens (including phenoxy) is 1. The minimum Gasteiger partial charge on any atom is -0.378 e. The van der Waals surface area contributed by atoms with E-state index < -0.39 is 0 Å². The van der Waals surface area contributed by atoms with E-state index in [1.807, 2.05) is 19.1 Å². The van der Waals surface area contributed by atoms with Crippen LogP contribution in [0.2, 0.25) is 0 Å². The van der Waals surface area contributed by atoms with Crippen LogP contribution in [0.1, 0.15) is 15.9 Å². The lowest BCUT2D eigenvalue weighted by atomic mass is 10.1. The van der Waals surface area contributed by atoms with Crippen LogP contribution in [0, 0.1) is 6.92 Å². The highest BCUT2D eigenvalue weighted by Crippen LogP contribution is 2.21. The molecule has 0 N–H and O–H groups in total. The third kappa shape index (κ3) is 2.64. The highest BCUT2D eigenvalue weighted by Gasteiger charge is 2.16. The third-order valence-corrected chi connectivity index (χ3v) is 3.23. The second-order valence-electron chi connectivity index (χ2n) is 4.80. The summed E-state index contributed by atoms with van der Waals surface area (Å²) in [6, 6.07) is 6.08. The number of rotatable bonds is 2. The van der Waals surface area contributed by atoms with Gasteiger partial charge in [0.1, 0.15) is 0 Å². The van der Waals surface area contributed by atoms with Crippen molar-refractivity contribution in [3.05, 3.63) is 29.3 Å². The van der Waals surface area contributed by atoms with E-state index in [1.54, 1.807) is 19.0 Å². The molecule has 1 amide bonds. The summed E-state index contributed by atoms with van der Waals surface area (Å²) in [5.74, 6) is 0.0580. The van der Waals surface area contributed by atoms with Gasteiger partial charge in [0.05, 0.1) is 13.2 Å². The fourth-order valence-electron chi connectivity index (χ4n) is 2.10. The van der Waals surface area contributed by atoms with Crippen molar-refractivity contribution in [1.29, 1.82) is 0 Å². The van der Waals surface area contributed by atoms with Gasteiger partial charge < -0.3 is 14.5 Å². The molecule has 1 aromatic carbocycles. The predicted octanol–water partition coefficient (Wildman–Crippen LogP) is 1.53. The monoisotopic (exact) mass is 248 g/mol. The Bertz CT molecular complexity index is 437. The van der Waals surface area contributed by atoms with Gasteiger partial charge in [-0.2, -0.15) is 0 Å². The average molecular weight is 248 g/mol.